The molecule has 2 aromatic heterocycles. The molecule has 2 N–H and O–H groups in total. The number of hydrogen-bond donors (Lipinski definition) is 1. The summed E-state index contributed by atoms with van der Waals surface area (Å²) in [6.45, 7) is 5.35. The Morgan fingerprint density at radius 3 is 2.94 bits per heavy atom. The van der Waals surface area contributed by atoms with Gasteiger partial charge in [-0.05, 0) is 35.9 Å². The van der Waals surface area contributed by atoms with Crippen LogP contribution in [0.5, 0.6) is 0 Å². The van der Waals surface area contributed by atoms with Crippen molar-refractivity contribution in [3.05, 3.63) is 36.2 Å². The average molecular weight is 215 g/mol. The maximum absolute atomic E-state index is 5.82. The molecule has 2 aromatic rings. The van der Waals surface area contributed by atoms with Crippen LogP contribution in [0.2, 0.25) is 0 Å². The molecule has 2 heterocycles. The van der Waals surface area contributed by atoms with Crippen molar-refractivity contribution in [2.75, 3.05) is 6.54 Å². The lowest BCUT2D eigenvalue weighted by atomic mass is 10.0. The van der Waals surface area contributed by atoms with Crippen LogP contribution in [0, 0.1) is 11.3 Å². The Labute approximate surface area is 95.3 Å². The van der Waals surface area contributed by atoms with Crippen molar-refractivity contribution in [1.29, 1.82) is 0 Å². The fourth-order valence-electron chi connectivity index (χ4n) is 3.00. The van der Waals surface area contributed by atoms with Gasteiger partial charge >= 0.3 is 0 Å². The summed E-state index contributed by atoms with van der Waals surface area (Å²) in [6, 6.07) is 6.19. The Bertz CT molecular complexity index is 527. The zero-order valence-electron chi connectivity index (χ0n) is 9.72. The van der Waals surface area contributed by atoms with E-state index in [1.807, 2.05) is 23.0 Å². The molecule has 0 spiro atoms. The van der Waals surface area contributed by atoms with E-state index in [9.17, 15) is 0 Å². The fourth-order valence-corrected chi connectivity index (χ4v) is 3.00. The summed E-state index contributed by atoms with van der Waals surface area (Å²) in [4.78, 5) is 0. The van der Waals surface area contributed by atoms with Crippen molar-refractivity contribution in [3.8, 4) is 0 Å². The predicted octanol–water partition coefficient (Wildman–Crippen LogP) is 2.03. The van der Waals surface area contributed by atoms with Gasteiger partial charge in [-0.15, -0.1) is 0 Å². The van der Waals surface area contributed by atoms with Crippen LogP contribution in [0.4, 0.5) is 0 Å². The SMILES string of the molecule is CC1(C)[C@@H](CN)[C@@H]1c1cnn2ccccc12. The summed E-state index contributed by atoms with van der Waals surface area (Å²) in [7, 11) is 0. The van der Waals surface area contributed by atoms with Crippen molar-refractivity contribution in [2.24, 2.45) is 17.1 Å². The normalized spacial score (nSPS) is 27.2. The summed E-state index contributed by atoms with van der Waals surface area (Å²) in [5.41, 5.74) is 8.72. The molecule has 0 amide bonds. The molecule has 0 saturated heterocycles. The van der Waals surface area contributed by atoms with Crippen LogP contribution >= 0.6 is 0 Å². The molecule has 0 radical (unpaired) electrons. The van der Waals surface area contributed by atoms with Crippen LogP contribution in [-0.4, -0.2) is 16.2 Å². The molecule has 0 bridgehead atoms. The number of fused-ring (bicyclic) bond motifs is 1. The molecular formula is C13H17N3. The second-order valence-electron chi connectivity index (χ2n) is 5.27. The summed E-state index contributed by atoms with van der Waals surface area (Å²) in [6.07, 6.45) is 3.99. The monoisotopic (exact) mass is 215 g/mol. The standard InChI is InChI=1S/C13H17N3/c1-13(2)10(7-14)12(13)9-8-15-16-6-4-3-5-11(9)16/h3-6,8,10,12H,7,14H2,1-2H3/t10-,12-/m0/s1. The van der Waals surface area contributed by atoms with Gasteiger partial charge in [0.2, 0.25) is 0 Å². The van der Waals surface area contributed by atoms with Crippen LogP contribution in [0.15, 0.2) is 30.6 Å². The third-order valence-corrected chi connectivity index (χ3v) is 4.10. The minimum absolute atomic E-state index is 0.327. The number of hydrogen-bond acceptors (Lipinski definition) is 2. The minimum Gasteiger partial charge on any atom is -0.330 e. The minimum atomic E-state index is 0.327. The van der Waals surface area contributed by atoms with Gasteiger partial charge in [0.1, 0.15) is 0 Å². The molecular weight excluding hydrogens is 198 g/mol. The number of pyridine rings is 1. The molecule has 2 atom stereocenters. The van der Waals surface area contributed by atoms with Gasteiger partial charge in [0.15, 0.2) is 0 Å². The van der Waals surface area contributed by atoms with Crippen molar-refractivity contribution in [2.45, 2.75) is 19.8 Å². The average Bonchev–Trinajstić information content (AvgIpc) is 2.66. The molecule has 0 unspecified atom stereocenters. The highest BCUT2D eigenvalue weighted by atomic mass is 15.2. The van der Waals surface area contributed by atoms with Crippen molar-refractivity contribution in [3.63, 3.8) is 0 Å². The van der Waals surface area contributed by atoms with E-state index in [1.54, 1.807) is 0 Å². The van der Waals surface area contributed by atoms with Gasteiger partial charge in [0.05, 0.1) is 11.7 Å². The van der Waals surface area contributed by atoms with Crippen molar-refractivity contribution in [1.82, 2.24) is 9.61 Å². The summed E-state index contributed by atoms with van der Waals surface area (Å²) in [5, 5.41) is 4.39. The highest BCUT2D eigenvalue weighted by Crippen LogP contribution is 2.64. The summed E-state index contributed by atoms with van der Waals surface area (Å²) < 4.78 is 1.94. The van der Waals surface area contributed by atoms with Gasteiger partial charge in [0, 0.05) is 11.8 Å². The first-order valence-corrected chi connectivity index (χ1v) is 5.78. The quantitative estimate of drug-likeness (QED) is 0.833. The molecule has 3 heteroatoms. The van der Waals surface area contributed by atoms with Gasteiger partial charge < -0.3 is 5.73 Å². The number of nitrogens with zero attached hydrogens (tertiary/aromatic N) is 2. The Morgan fingerprint density at radius 1 is 1.44 bits per heavy atom. The van der Waals surface area contributed by atoms with Crippen LogP contribution in [0.3, 0.4) is 0 Å². The molecule has 1 aliphatic rings. The highest BCUT2D eigenvalue weighted by molar-refractivity contribution is 5.58. The summed E-state index contributed by atoms with van der Waals surface area (Å²) in [5.74, 6) is 1.16. The predicted molar refractivity (Wildman–Crippen MR) is 64.3 cm³/mol. The molecule has 3 nitrogen and oxygen atoms in total. The van der Waals surface area contributed by atoms with Gasteiger partial charge in [-0.25, -0.2) is 4.52 Å². The summed E-state index contributed by atoms with van der Waals surface area (Å²) >= 11 is 0. The molecule has 0 aromatic carbocycles. The maximum atomic E-state index is 5.82. The van der Waals surface area contributed by atoms with Crippen LogP contribution < -0.4 is 5.73 Å². The van der Waals surface area contributed by atoms with E-state index in [1.165, 1.54) is 11.1 Å². The molecule has 16 heavy (non-hydrogen) atoms. The van der Waals surface area contributed by atoms with Gasteiger partial charge in [0.25, 0.3) is 0 Å². The van der Waals surface area contributed by atoms with Gasteiger partial charge in [-0.3, -0.25) is 0 Å². The molecule has 0 aliphatic heterocycles. The Kier molecular flexibility index (Phi) is 1.89. The van der Waals surface area contributed by atoms with E-state index in [2.05, 4.69) is 31.1 Å². The third kappa shape index (κ3) is 1.15. The van der Waals surface area contributed by atoms with E-state index < -0.39 is 0 Å². The lowest BCUT2D eigenvalue weighted by Crippen LogP contribution is -2.05. The van der Waals surface area contributed by atoms with E-state index in [-0.39, 0.29) is 0 Å². The largest absolute Gasteiger partial charge is 0.330 e. The van der Waals surface area contributed by atoms with E-state index in [0.29, 0.717) is 17.3 Å². The molecule has 1 fully saturated rings. The first-order chi connectivity index (χ1) is 7.66. The van der Waals surface area contributed by atoms with Crippen LogP contribution in [0.25, 0.3) is 5.52 Å². The second kappa shape index (κ2) is 3.08. The van der Waals surface area contributed by atoms with Crippen molar-refractivity contribution < 1.29 is 0 Å². The fraction of sp³-hybridized carbons (Fsp3) is 0.462. The molecule has 1 saturated carbocycles. The maximum Gasteiger partial charge on any atom is 0.0696 e. The van der Waals surface area contributed by atoms with E-state index in [0.717, 1.165) is 6.54 Å². The second-order valence-corrected chi connectivity index (χ2v) is 5.27. The first-order valence-electron chi connectivity index (χ1n) is 5.78. The zero-order valence-corrected chi connectivity index (χ0v) is 9.72. The number of nitrogens with two attached hydrogens (primary N) is 1. The van der Waals surface area contributed by atoms with Crippen molar-refractivity contribution >= 4 is 5.52 Å². The molecule has 3 rings (SSSR count). The lowest BCUT2D eigenvalue weighted by molar-refractivity contribution is 0.559. The van der Waals surface area contributed by atoms with Gasteiger partial charge in [-0.2, -0.15) is 5.10 Å². The van der Waals surface area contributed by atoms with Crippen LogP contribution in [0.1, 0.15) is 25.3 Å². The van der Waals surface area contributed by atoms with Crippen LogP contribution in [-0.2, 0) is 0 Å². The smallest absolute Gasteiger partial charge is 0.0696 e. The molecule has 84 valence electrons. The van der Waals surface area contributed by atoms with E-state index >= 15 is 0 Å². The van der Waals surface area contributed by atoms with E-state index in [4.69, 9.17) is 5.73 Å². The van der Waals surface area contributed by atoms with Gasteiger partial charge in [-0.1, -0.05) is 19.9 Å². The molecule has 1 aliphatic carbocycles. The topological polar surface area (TPSA) is 43.3 Å². The third-order valence-electron chi connectivity index (χ3n) is 4.10. The Hall–Kier alpha value is -1.35. The number of rotatable bonds is 2. The zero-order chi connectivity index (χ0) is 11.3. The number of aromatic nitrogens is 2. The Balaban J connectivity index is 2.08. The lowest BCUT2D eigenvalue weighted by Gasteiger charge is -2.00. The Morgan fingerprint density at radius 2 is 2.25 bits per heavy atom. The first kappa shape index (κ1) is 9.85. The highest BCUT2D eigenvalue weighted by Gasteiger charge is 2.58.